The fraction of sp³-hybridized carbons (Fsp3) is 0.714. The van der Waals surface area contributed by atoms with E-state index in [1.54, 1.807) is 0 Å². The van der Waals surface area contributed by atoms with E-state index in [-0.39, 0.29) is 17.7 Å². The number of aromatic nitrogens is 2. The minimum atomic E-state index is -0.560. The number of rotatable bonds is 8. The van der Waals surface area contributed by atoms with E-state index in [9.17, 15) is 9.59 Å². The highest BCUT2D eigenvalue weighted by molar-refractivity contribution is 7.15. The second kappa shape index (κ2) is 8.71. The molecule has 0 unspecified atom stereocenters. The summed E-state index contributed by atoms with van der Waals surface area (Å²) in [6.07, 6.45) is 4.30. The number of hydrogen-bond donors (Lipinski definition) is 2. The summed E-state index contributed by atoms with van der Waals surface area (Å²) in [5.41, 5.74) is 0. The van der Waals surface area contributed by atoms with E-state index in [4.69, 9.17) is 0 Å². The maximum atomic E-state index is 12.2. The zero-order valence-electron chi connectivity index (χ0n) is 13.1. The molecule has 2 N–H and O–H groups in total. The molecule has 0 aliphatic rings. The average Bonchev–Trinajstić information content (AvgIpc) is 2.83. The van der Waals surface area contributed by atoms with E-state index < -0.39 is 6.04 Å². The lowest BCUT2D eigenvalue weighted by atomic mass is 10.0. The van der Waals surface area contributed by atoms with Gasteiger partial charge in [0.1, 0.15) is 11.0 Å². The third-order valence-corrected chi connectivity index (χ3v) is 3.90. The Hall–Kier alpha value is -1.50. The van der Waals surface area contributed by atoms with Gasteiger partial charge in [-0.25, -0.2) is 0 Å². The van der Waals surface area contributed by atoms with Crippen molar-refractivity contribution in [3.05, 3.63) is 5.01 Å². The van der Waals surface area contributed by atoms with Crippen LogP contribution in [0.2, 0.25) is 0 Å². The molecule has 21 heavy (non-hydrogen) atoms. The van der Waals surface area contributed by atoms with Gasteiger partial charge in [-0.2, -0.15) is 0 Å². The van der Waals surface area contributed by atoms with Crippen molar-refractivity contribution in [1.29, 1.82) is 0 Å². The highest BCUT2D eigenvalue weighted by atomic mass is 32.1. The van der Waals surface area contributed by atoms with E-state index in [0.717, 1.165) is 24.3 Å². The number of nitrogens with zero attached hydrogens (tertiary/aromatic N) is 2. The summed E-state index contributed by atoms with van der Waals surface area (Å²) in [4.78, 5) is 23.3. The van der Waals surface area contributed by atoms with Crippen molar-refractivity contribution in [2.75, 3.05) is 5.32 Å². The zero-order valence-corrected chi connectivity index (χ0v) is 13.9. The predicted molar refractivity (Wildman–Crippen MR) is 84.2 cm³/mol. The molecule has 0 spiro atoms. The summed E-state index contributed by atoms with van der Waals surface area (Å²) in [7, 11) is 0. The van der Waals surface area contributed by atoms with Crippen LogP contribution < -0.4 is 10.6 Å². The summed E-state index contributed by atoms with van der Waals surface area (Å²) in [5, 5.41) is 14.9. The number of nitrogens with one attached hydrogen (secondary N) is 2. The van der Waals surface area contributed by atoms with E-state index in [2.05, 4.69) is 27.8 Å². The lowest BCUT2D eigenvalue weighted by molar-refractivity contribution is -0.126. The second-order valence-corrected chi connectivity index (χ2v) is 6.43. The number of amides is 2. The Labute approximate surface area is 129 Å². The summed E-state index contributed by atoms with van der Waals surface area (Å²) in [6.45, 7) is 7.33. The molecule has 6 nitrogen and oxygen atoms in total. The van der Waals surface area contributed by atoms with Crippen LogP contribution in [0.15, 0.2) is 0 Å². The van der Waals surface area contributed by atoms with Gasteiger partial charge in [-0.15, -0.1) is 10.2 Å². The Kier molecular flexibility index (Phi) is 7.28. The molecule has 2 amide bonds. The quantitative estimate of drug-likeness (QED) is 0.722. The molecule has 1 aromatic heterocycles. The van der Waals surface area contributed by atoms with Gasteiger partial charge in [0.25, 0.3) is 0 Å². The molecule has 7 heteroatoms. The van der Waals surface area contributed by atoms with Crippen LogP contribution >= 0.6 is 11.3 Å². The molecule has 0 bridgehead atoms. The van der Waals surface area contributed by atoms with Gasteiger partial charge in [0.05, 0.1) is 0 Å². The third kappa shape index (κ3) is 6.20. The number of carbonyl (C=O) groups excluding carboxylic acids is 2. The normalized spacial score (nSPS) is 12.2. The molecule has 0 aliphatic carbocycles. The predicted octanol–water partition coefficient (Wildman–Crippen LogP) is 2.37. The molecular formula is C14H24N4O2S. The average molecular weight is 312 g/mol. The fourth-order valence-electron chi connectivity index (χ4n) is 1.87. The first kappa shape index (κ1) is 17.6. The number of anilines is 1. The Balaban J connectivity index is 2.58. The van der Waals surface area contributed by atoms with Gasteiger partial charge in [0.2, 0.25) is 16.9 Å². The smallest absolute Gasteiger partial charge is 0.249 e. The van der Waals surface area contributed by atoms with E-state index in [1.807, 2.05) is 13.8 Å². The lowest BCUT2D eigenvalue weighted by Gasteiger charge is -2.19. The molecular weight excluding hydrogens is 288 g/mol. The van der Waals surface area contributed by atoms with Crippen molar-refractivity contribution in [3.8, 4) is 0 Å². The molecule has 0 aliphatic heterocycles. The van der Waals surface area contributed by atoms with Crippen molar-refractivity contribution < 1.29 is 9.59 Å². The van der Waals surface area contributed by atoms with Crippen molar-refractivity contribution >= 4 is 28.3 Å². The minimum absolute atomic E-state index is 0.00541. The monoisotopic (exact) mass is 312 g/mol. The molecule has 1 rings (SSSR count). The minimum Gasteiger partial charge on any atom is -0.344 e. The highest BCUT2D eigenvalue weighted by Crippen LogP contribution is 2.18. The highest BCUT2D eigenvalue weighted by Gasteiger charge is 2.23. The lowest BCUT2D eigenvalue weighted by Crippen LogP contribution is -2.46. The molecule has 0 saturated heterocycles. The molecule has 0 fully saturated rings. The van der Waals surface area contributed by atoms with E-state index in [0.29, 0.717) is 5.13 Å². The summed E-state index contributed by atoms with van der Waals surface area (Å²) in [5.74, 6) is -0.469. The zero-order chi connectivity index (χ0) is 15.8. The van der Waals surface area contributed by atoms with Crippen molar-refractivity contribution in [2.45, 2.75) is 59.4 Å². The number of unbranched alkanes of at least 4 members (excludes halogenated alkanes) is 2. The molecule has 1 aromatic rings. The van der Waals surface area contributed by atoms with Crippen LogP contribution in [0.25, 0.3) is 0 Å². The molecule has 1 heterocycles. The third-order valence-electron chi connectivity index (χ3n) is 3.00. The van der Waals surface area contributed by atoms with Gasteiger partial charge in [-0.1, -0.05) is 44.9 Å². The Bertz CT molecular complexity index is 473. The van der Waals surface area contributed by atoms with Crippen molar-refractivity contribution in [3.63, 3.8) is 0 Å². The Morgan fingerprint density at radius 2 is 1.95 bits per heavy atom. The number of carbonyl (C=O) groups is 2. The Morgan fingerprint density at radius 3 is 2.52 bits per heavy atom. The second-order valence-electron chi connectivity index (χ2n) is 5.37. The fourth-order valence-corrected chi connectivity index (χ4v) is 2.65. The van der Waals surface area contributed by atoms with Gasteiger partial charge in [0.15, 0.2) is 0 Å². The first-order valence-electron chi connectivity index (χ1n) is 7.34. The van der Waals surface area contributed by atoms with Crippen LogP contribution in [-0.2, 0) is 16.0 Å². The topological polar surface area (TPSA) is 84.0 Å². The summed E-state index contributed by atoms with van der Waals surface area (Å²) >= 11 is 1.39. The van der Waals surface area contributed by atoms with Crippen molar-refractivity contribution in [2.24, 2.45) is 5.92 Å². The van der Waals surface area contributed by atoms with Crippen LogP contribution in [0.5, 0.6) is 0 Å². The van der Waals surface area contributed by atoms with Crippen molar-refractivity contribution in [1.82, 2.24) is 15.5 Å². The van der Waals surface area contributed by atoms with Crippen LogP contribution in [0, 0.1) is 5.92 Å². The summed E-state index contributed by atoms with van der Waals surface area (Å²) in [6, 6.07) is -0.560. The number of hydrogen-bond acceptors (Lipinski definition) is 5. The van der Waals surface area contributed by atoms with Crippen LogP contribution in [-0.4, -0.2) is 28.1 Å². The molecule has 0 radical (unpaired) electrons. The Morgan fingerprint density at radius 1 is 1.24 bits per heavy atom. The van der Waals surface area contributed by atoms with Gasteiger partial charge in [-0.05, 0) is 12.3 Å². The molecule has 0 saturated carbocycles. The largest absolute Gasteiger partial charge is 0.344 e. The van der Waals surface area contributed by atoms with E-state index >= 15 is 0 Å². The van der Waals surface area contributed by atoms with Gasteiger partial charge in [0, 0.05) is 13.3 Å². The van der Waals surface area contributed by atoms with Gasteiger partial charge < -0.3 is 5.32 Å². The first-order valence-corrected chi connectivity index (χ1v) is 8.16. The van der Waals surface area contributed by atoms with Gasteiger partial charge in [-0.3, -0.25) is 14.9 Å². The molecule has 1 atom stereocenters. The maximum absolute atomic E-state index is 12.2. The van der Waals surface area contributed by atoms with E-state index in [1.165, 1.54) is 24.7 Å². The summed E-state index contributed by atoms with van der Waals surface area (Å²) < 4.78 is 0. The number of aryl methyl sites for hydroxylation is 1. The van der Waals surface area contributed by atoms with Gasteiger partial charge >= 0.3 is 0 Å². The SMILES string of the molecule is CCCCCc1nnc(NC(=O)[C@H](NC(C)=O)C(C)C)s1. The van der Waals surface area contributed by atoms with Crippen LogP contribution in [0.1, 0.15) is 52.0 Å². The van der Waals surface area contributed by atoms with Crippen LogP contribution in [0.3, 0.4) is 0 Å². The standard InChI is InChI=1S/C14H24N4O2S/c1-5-6-7-8-11-17-18-14(21-11)16-13(20)12(9(2)3)15-10(4)19/h9,12H,5-8H2,1-4H3,(H,15,19)(H,16,18,20)/t12-/m1/s1. The van der Waals surface area contributed by atoms with Crippen LogP contribution in [0.4, 0.5) is 5.13 Å². The molecule has 0 aromatic carbocycles. The molecule has 118 valence electrons. The first-order chi connectivity index (χ1) is 9.93. The maximum Gasteiger partial charge on any atom is 0.249 e.